The first kappa shape index (κ1) is 124. The molecule has 820 valence electrons. The third-order valence-electron chi connectivity index (χ3n) is 30.3. The number of amides is 6. The van der Waals surface area contributed by atoms with Crippen molar-refractivity contribution >= 4 is 57.6 Å². The topological polar surface area (TPSA) is 188 Å². The van der Waals surface area contributed by atoms with E-state index in [2.05, 4.69) is 104 Å². The van der Waals surface area contributed by atoms with Gasteiger partial charge in [-0.05, 0) is 148 Å². The Hall–Kier alpha value is -9.28. The molecule has 6 aromatic rings. The number of hydrogen-bond donors (Lipinski definition) is 2. The van der Waals surface area contributed by atoms with Gasteiger partial charge in [-0.3, -0.25) is 38.6 Å². The summed E-state index contributed by atoms with van der Waals surface area (Å²) < 4.78 is 40.4. The van der Waals surface area contributed by atoms with Gasteiger partial charge >= 0.3 is 0 Å². The van der Waals surface area contributed by atoms with Crippen LogP contribution in [0.1, 0.15) is 590 Å². The number of rotatable bonds is 88. The number of anilines is 2. The highest BCUT2D eigenvalue weighted by Crippen LogP contribution is 2.46. The minimum Gasteiger partial charge on any atom is -0.490 e. The van der Waals surface area contributed by atoms with Crippen molar-refractivity contribution in [1.82, 2.24) is 9.80 Å². The van der Waals surface area contributed by atoms with Gasteiger partial charge in [-0.2, -0.15) is 0 Å². The van der Waals surface area contributed by atoms with Crippen molar-refractivity contribution in [1.29, 1.82) is 0 Å². The number of carbonyl (C=O) groups excluding carboxylic acids is 6. The fraction of sp³-hybridized carbons (Fsp3) is 0.667. The zero-order valence-corrected chi connectivity index (χ0v) is 94.8. The van der Waals surface area contributed by atoms with E-state index in [0.29, 0.717) is 108 Å². The standard InChI is InChI=1S/C132H200N4O12/c1-11-21-29-35-41-47-53-59-65-71-91-143-117-99-111(100-118(144-92-72-66-60-54-48-42-36-30-22-12-2)125(117)147-95-75-69-63-57-51-45-39-33-25-15-5)127(137)133-113-87-81-107(82-88-113)79-85-109-97-115-124-122(132(142)136(129(115)139)104-106(20-10)78-28-18-8)110(98-116-123(124)121(109)131(141)135(130(116)140)103-105(19-9)77-27-17-7)86-80-108-83-89-114(90-84-108)134-128(138)112-101-119(145-93-73-67-61-55-49-43-37-31-23-13-3)126(148-96-76-70-64-58-52-46-40-34-26-16-6)120(102-112)146-94-74-68-62-56-50-44-38-32-24-14-4/h81-84,87-90,97-102,105-106H,11-78,91-96,103-104H2,1-10H3,(H,133,137)(H,134,138). The van der Waals surface area contributed by atoms with E-state index in [0.717, 1.165) is 154 Å². The molecule has 2 aliphatic rings. The predicted octanol–water partition coefficient (Wildman–Crippen LogP) is 37.6. The normalized spacial score (nSPS) is 12.6. The fourth-order valence-corrected chi connectivity index (χ4v) is 20.7. The second-order valence-electron chi connectivity index (χ2n) is 43.1. The summed E-state index contributed by atoms with van der Waals surface area (Å²) in [6.45, 7) is 25.3. The molecule has 2 aliphatic heterocycles. The number of benzene rings is 6. The van der Waals surface area contributed by atoms with Crippen molar-refractivity contribution in [3.63, 3.8) is 0 Å². The lowest BCUT2D eigenvalue weighted by Gasteiger charge is -2.35. The van der Waals surface area contributed by atoms with Crippen LogP contribution >= 0.6 is 0 Å². The molecule has 2 N–H and O–H groups in total. The van der Waals surface area contributed by atoms with E-state index in [1.807, 2.05) is 48.5 Å². The number of unbranched alkanes of at least 4 members (excludes halogenated alkanes) is 56. The van der Waals surface area contributed by atoms with Crippen LogP contribution in [0.15, 0.2) is 84.9 Å². The Labute approximate surface area is 898 Å². The summed E-state index contributed by atoms with van der Waals surface area (Å²) in [7, 11) is 0. The summed E-state index contributed by atoms with van der Waals surface area (Å²) in [5.41, 5.74) is 4.06. The highest BCUT2D eigenvalue weighted by atomic mass is 16.5. The van der Waals surface area contributed by atoms with Gasteiger partial charge in [0.05, 0.1) is 50.8 Å². The van der Waals surface area contributed by atoms with Crippen LogP contribution in [0.2, 0.25) is 0 Å². The van der Waals surface area contributed by atoms with Gasteiger partial charge in [0.15, 0.2) is 23.0 Å². The molecule has 148 heavy (non-hydrogen) atoms. The molecule has 2 unspecified atom stereocenters. The van der Waals surface area contributed by atoms with Crippen LogP contribution in [0, 0.1) is 35.5 Å². The Bertz CT molecular complexity index is 4480. The van der Waals surface area contributed by atoms with Crippen molar-refractivity contribution in [2.24, 2.45) is 11.8 Å². The van der Waals surface area contributed by atoms with Crippen LogP contribution in [0.3, 0.4) is 0 Å². The van der Waals surface area contributed by atoms with E-state index in [1.165, 1.54) is 292 Å². The highest BCUT2D eigenvalue weighted by molar-refractivity contribution is 6.34. The Balaban J connectivity index is 1.12. The summed E-state index contributed by atoms with van der Waals surface area (Å²) in [4.78, 5) is 95.4. The van der Waals surface area contributed by atoms with Gasteiger partial charge in [-0.15, -0.1) is 0 Å². The van der Waals surface area contributed by atoms with Crippen LogP contribution in [0.4, 0.5) is 11.4 Å². The summed E-state index contributed by atoms with van der Waals surface area (Å²) in [6, 6.07) is 25.1. The molecule has 8 rings (SSSR count). The Morgan fingerprint density at radius 1 is 0.257 bits per heavy atom. The van der Waals surface area contributed by atoms with Crippen molar-refractivity contribution in [2.75, 3.05) is 63.4 Å². The molecular formula is C132H200N4O12. The Kier molecular flexibility index (Phi) is 64.6. The lowest BCUT2D eigenvalue weighted by Crippen LogP contribution is -2.46. The van der Waals surface area contributed by atoms with Crippen molar-refractivity contribution in [3.05, 3.63) is 141 Å². The molecule has 0 fully saturated rings. The van der Waals surface area contributed by atoms with Crippen LogP contribution in [-0.2, 0) is 0 Å². The van der Waals surface area contributed by atoms with Gasteiger partial charge in [-0.25, -0.2) is 0 Å². The molecule has 0 aromatic heterocycles. The third kappa shape index (κ3) is 45.7. The highest BCUT2D eigenvalue weighted by Gasteiger charge is 2.44. The fourth-order valence-electron chi connectivity index (χ4n) is 20.7. The van der Waals surface area contributed by atoms with Gasteiger partial charge in [0.25, 0.3) is 35.4 Å². The first-order chi connectivity index (χ1) is 72.7. The monoisotopic (exact) mass is 2030 g/mol. The maximum absolute atomic E-state index is 15.8. The molecule has 0 radical (unpaired) electrons. The molecule has 16 heteroatoms. The number of imide groups is 2. The summed E-state index contributed by atoms with van der Waals surface area (Å²) in [5.74, 6) is 13.7. The largest absolute Gasteiger partial charge is 0.490 e. The maximum atomic E-state index is 15.8. The molecule has 0 saturated heterocycles. The average Bonchev–Trinajstić information content (AvgIpc) is 0.695. The van der Waals surface area contributed by atoms with Crippen molar-refractivity contribution in [2.45, 2.75) is 506 Å². The molecule has 2 atom stereocenters. The first-order valence-corrected chi connectivity index (χ1v) is 61.1. The van der Waals surface area contributed by atoms with Crippen molar-refractivity contribution < 1.29 is 57.2 Å². The molecule has 16 nitrogen and oxygen atoms in total. The van der Waals surface area contributed by atoms with E-state index in [4.69, 9.17) is 28.4 Å². The van der Waals surface area contributed by atoms with E-state index in [9.17, 15) is 9.59 Å². The van der Waals surface area contributed by atoms with Crippen LogP contribution in [-0.4, -0.2) is 98.0 Å². The summed E-state index contributed by atoms with van der Waals surface area (Å²) >= 11 is 0. The molecule has 0 aliphatic carbocycles. The number of hydrogen-bond acceptors (Lipinski definition) is 12. The van der Waals surface area contributed by atoms with Gasteiger partial charge in [-0.1, -0.05) is 478 Å². The van der Waals surface area contributed by atoms with E-state index >= 15 is 19.2 Å². The van der Waals surface area contributed by atoms with Gasteiger partial charge in [0, 0.05) is 79.7 Å². The van der Waals surface area contributed by atoms with E-state index in [-0.39, 0.29) is 80.9 Å². The zero-order valence-electron chi connectivity index (χ0n) is 94.8. The van der Waals surface area contributed by atoms with Crippen LogP contribution in [0.25, 0.3) is 10.8 Å². The molecular weight excluding hydrogens is 1830 g/mol. The predicted molar refractivity (Wildman–Crippen MR) is 619 cm³/mol. The minimum absolute atomic E-state index is 0.00405. The minimum atomic E-state index is -0.540. The Morgan fingerprint density at radius 2 is 0.473 bits per heavy atom. The average molecular weight is 2040 g/mol. The molecule has 6 aromatic carbocycles. The Morgan fingerprint density at radius 3 is 0.696 bits per heavy atom. The van der Waals surface area contributed by atoms with E-state index in [1.54, 1.807) is 36.4 Å². The lowest BCUT2D eigenvalue weighted by molar-refractivity contribution is 0.0558. The number of nitrogens with zero attached hydrogens (tertiary/aromatic N) is 2. The molecule has 6 amide bonds. The summed E-state index contributed by atoms with van der Waals surface area (Å²) in [6.07, 6.45) is 79.3. The van der Waals surface area contributed by atoms with Gasteiger partial charge < -0.3 is 39.1 Å². The number of carbonyl (C=O) groups is 6. The van der Waals surface area contributed by atoms with Gasteiger partial charge in [0.1, 0.15) is 0 Å². The molecule has 2 heterocycles. The first-order valence-electron chi connectivity index (χ1n) is 61.1. The van der Waals surface area contributed by atoms with Crippen LogP contribution in [0.5, 0.6) is 34.5 Å². The number of ether oxygens (including phenoxy) is 6. The van der Waals surface area contributed by atoms with Gasteiger partial charge in [0.2, 0.25) is 11.5 Å². The smallest absolute Gasteiger partial charge is 0.262 e. The zero-order chi connectivity index (χ0) is 105. The third-order valence-corrected chi connectivity index (χ3v) is 30.3. The second kappa shape index (κ2) is 77.1. The summed E-state index contributed by atoms with van der Waals surface area (Å²) in [5, 5.41) is 6.77. The maximum Gasteiger partial charge on any atom is 0.262 e. The van der Waals surface area contributed by atoms with Crippen LogP contribution < -0.4 is 39.1 Å². The second-order valence-corrected chi connectivity index (χ2v) is 43.1. The SMILES string of the molecule is CCCCCCCCCCCCOc1cc(C(=O)Nc2ccc(C#Cc3cc4c5c(c(C#Cc6ccc(NC(=O)c7cc(OCCCCCCCCCCCC)c(OCCCCCCCCCCCC)c(OCCCCCCCCCCCC)c7)cc6)cc6c5c3C(=O)N(CC(CC)CCCC)C6=O)C(=O)N(CC(CC)CCCC)C4=O)cc2)cc(OCCCCCCCCCCCC)c1OCCCCCCCCCCCC. The number of nitrogens with one attached hydrogen (secondary N) is 2. The molecule has 0 bridgehead atoms. The van der Waals surface area contributed by atoms with E-state index < -0.39 is 23.6 Å². The quantitative estimate of drug-likeness (QED) is 0.0209. The lowest BCUT2D eigenvalue weighted by atomic mass is 9.80. The van der Waals surface area contributed by atoms with Crippen molar-refractivity contribution in [3.8, 4) is 58.2 Å². The molecule has 0 spiro atoms. The molecule has 0 saturated carbocycles.